The number of aromatic hydroxyl groups is 2. The molecule has 2 N–H and O–H groups in total. The molecule has 1 aromatic carbocycles. The summed E-state index contributed by atoms with van der Waals surface area (Å²) in [5.41, 5.74) is 0.650. The highest BCUT2D eigenvalue weighted by molar-refractivity contribution is 5.28. The molecule has 0 spiro atoms. The van der Waals surface area contributed by atoms with Gasteiger partial charge in [-0.25, -0.2) is 0 Å². The van der Waals surface area contributed by atoms with E-state index in [2.05, 4.69) is 20.8 Å². The fraction of sp³-hybridized carbons (Fsp3) is 0.600. The summed E-state index contributed by atoms with van der Waals surface area (Å²) in [7, 11) is 0. The lowest BCUT2D eigenvalue weighted by atomic mass is 9.73. The van der Waals surface area contributed by atoms with Crippen molar-refractivity contribution in [2.45, 2.75) is 46.5 Å². The molecule has 0 heterocycles. The molecule has 1 unspecified atom stereocenters. The highest BCUT2D eigenvalue weighted by Gasteiger charge is 2.24. The highest BCUT2D eigenvalue weighted by atomic mass is 16.3. The van der Waals surface area contributed by atoms with E-state index in [0.717, 1.165) is 5.92 Å². The number of phenols is 2. The van der Waals surface area contributed by atoms with E-state index in [9.17, 15) is 0 Å². The molecule has 1 fully saturated rings. The first-order valence-electron chi connectivity index (χ1n) is 6.37. The smallest absolute Gasteiger partial charge is 0.115 e. The van der Waals surface area contributed by atoms with Gasteiger partial charge in [-0.2, -0.15) is 0 Å². The Hall–Kier alpha value is -1.18. The number of hydrogen-bond donors (Lipinski definition) is 2. The minimum atomic E-state index is 0.169. The van der Waals surface area contributed by atoms with Crippen LogP contribution in [0.25, 0.3) is 0 Å². The molecule has 1 aliphatic rings. The molecule has 0 radical (unpaired) electrons. The highest BCUT2D eigenvalue weighted by Crippen LogP contribution is 2.37. The van der Waals surface area contributed by atoms with Gasteiger partial charge in [-0.15, -0.1) is 0 Å². The molecule has 17 heavy (non-hydrogen) atoms. The molecule has 96 valence electrons. The summed E-state index contributed by atoms with van der Waals surface area (Å²) in [6, 6.07) is 5.70. The van der Waals surface area contributed by atoms with Crippen molar-refractivity contribution in [1.82, 2.24) is 0 Å². The van der Waals surface area contributed by atoms with Gasteiger partial charge in [0.25, 0.3) is 0 Å². The van der Waals surface area contributed by atoms with Crippen LogP contribution in [0, 0.1) is 11.3 Å². The summed E-state index contributed by atoms with van der Waals surface area (Å²) in [6.45, 7) is 7.16. The van der Waals surface area contributed by atoms with Gasteiger partial charge in [-0.3, -0.25) is 0 Å². The van der Waals surface area contributed by atoms with Crippen molar-refractivity contribution in [3.8, 4) is 11.5 Å². The third-order valence-corrected chi connectivity index (χ3v) is 3.30. The van der Waals surface area contributed by atoms with Crippen LogP contribution in [0.3, 0.4) is 0 Å². The van der Waals surface area contributed by atoms with Crippen LogP contribution in [0.4, 0.5) is 0 Å². The summed E-state index contributed by atoms with van der Waals surface area (Å²) < 4.78 is 0. The van der Waals surface area contributed by atoms with Crippen LogP contribution >= 0.6 is 0 Å². The lowest BCUT2D eigenvalue weighted by Gasteiger charge is -2.33. The van der Waals surface area contributed by atoms with Crippen LogP contribution < -0.4 is 0 Å². The van der Waals surface area contributed by atoms with E-state index < -0.39 is 0 Å². The van der Waals surface area contributed by atoms with E-state index >= 15 is 0 Å². The van der Waals surface area contributed by atoms with Crippen LogP contribution in [0.5, 0.6) is 11.5 Å². The molecule has 0 aromatic heterocycles. The molecular formula is C15H24O2. The molecule has 1 saturated carbocycles. The molecule has 0 amide bonds. The fourth-order valence-corrected chi connectivity index (χ4v) is 2.53. The standard InChI is InChI=1S/C9H18.C6H6O2/c1-8-5-4-6-9(2,3)7-8;7-5-1-2-6(8)4-3-5/h8H,4-7H2,1-3H3;1-4,7-8H. The molecule has 1 aliphatic carbocycles. The molecule has 0 bridgehead atoms. The zero-order valence-corrected chi connectivity index (χ0v) is 11.1. The molecular weight excluding hydrogens is 212 g/mol. The first-order chi connectivity index (χ1) is 7.89. The van der Waals surface area contributed by atoms with Crippen molar-refractivity contribution < 1.29 is 10.2 Å². The third kappa shape index (κ3) is 5.62. The van der Waals surface area contributed by atoms with Gasteiger partial charge in [0.15, 0.2) is 0 Å². The maximum absolute atomic E-state index is 8.65. The van der Waals surface area contributed by atoms with Gasteiger partial charge in [0.05, 0.1) is 0 Å². The Morgan fingerprint density at radius 3 is 1.82 bits per heavy atom. The van der Waals surface area contributed by atoms with E-state index in [-0.39, 0.29) is 11.5 Å². The summed E-state index contributed by atoms with van der Waals surface area (Å²) in [4.78, 5) is 0. The largest absolute Gasteiger partial charge is 0.508 e. The van der Waals surface area contributed by atoms with Gasteiger partial charge in [-0.1, -0.05) is 33.6 Å². The zero-order valence-electron chi connectivity index (χ0n) is 11.1. The predicted molar refractivity (Wildman–Crippen MR) is 71.2 cm³/mol. The van der Waals surface area contributed by atoms with Crippen LogP contribution in [0.2, 0.25) is 0 Å². The van der Waals surface area contributed by atoms with Gasteiger partial charge < -0.3 is 10.2 Å². The van der Waals surface area contributed by atoms with Crippen molar-refractivity contribution in [3.05, 3.63) is 24.3 Å². The average molecular weight is 236 g/mol. The number of phenolic OH excluding ortho intramolecular Hbond substituents is 2. The molecule has 0 saturated heterocycles. The monoisotopic (exact) mass is 236 g/mol. The van der Waals surface area contributed by atoms with Crippen molar-refractivity contribution in [2.75, 3.05) is 0 Å². The van der Waals surface area contributed by atoms with Crippen molar-refractivity contribution in [2.24, 2.45) is 11.3 Å². The Kier molecular flexibility index (Phi) is 4.86. The van der Waals surface area contributed by atoms with E-state index in [4.69, 9.17) is 10.2 Å². The second-order valence-electron chi connectivity index (χ2n) is 5.88. The first-order valence-corrected chi connectivity index (χ1v) is 6.37. The molecule has 2 rings (SSSR count). The summed E-state index contributed by atoms with van der Waals surface area (Å²) in [6.07, 6.45) is 5.79. The minimum absolute atomic E-state index is 0.169. The van der Waals surface area contributed by atoms with E-state index in [0.29, 0.717) is 5.41 Å². The summed E-state index contributed by atoms with van der Waals surface area (Å²) >= 11 is 0. The average Bonchev–Trinajstić information content (AvgIpc) is 2.21. The summed E-state index contributed by atoms with van der Waals surface area (Å²) in [5, 5.41) is 17.3. The quantitative estimate of drug-likeness (QED) is 0.658. The maximum atomic E-state index is 8.65. The number of rotatable bonds is 0. The Balaban J connectivity index is 0.000000171. The van der Waals surface area contributed by atoms with Crippen molar-refractivity contribution >= 4 is 0 Å². The van der Waals surface area contributed by atoms with Gasteiger partial charge >= 0.3 is 0 Å². The third-order valence-electron chi connectivity index (χ3n) is 3.30. The van der Waals surface area contributed by atoms with Crippen LogP contribution in [-0.2, 0) is 0 Å². The number of benzene rings is 1. The van der Waals surface area contributed by atoms with E-state index in [1.165, 1.54) is 49.9 Å². The van der Waals surface area contributed by atoms with E-state index in [1.807, 2.05) is 0 Å². The molecule has 1 atom stereocenters. The molecule has 1 aromatic rings. The van der Waals surface area contributed by atoms with E-state index in [1.54, 1.807) is 0 Å². The second-order valence-corrected chi connectivity index (χ2v) is 5.88. The maximum Gasteiger partial charge on any atom is 0.115 e. The normalized spacial score (nSPS) is 22.4. The molecule has 2 heteroatoms. The summed E-state index contributed by atoms with van der Waals surface area (Å²) in [5.74, 6) is 1.32. The van der Waals surface area contributed by atoms with Crippen LogP contribution in [0.1, 0.15) is 46.5 Å². The first kappa shape index (κ1) is 13.9. The SMILES string of the molecule is CC1CCCC(C)(C)C1.Oc1ccc(O)cc1. The van der Waals surface area contributed by atoms with Crippen molar-refractivity contribution in [1.29, 1.82) is 0 Å². The van der Waals surface area contributed by atoms with Gasteiger partial charge in [0.2, 0.25) is 0 Å². The Bertz CT molecular complexity index is 306. The Labute approximate surface area is 104 Å². The van der Waals surface area contributed by atoms with Gasteiger partial charge in [0.1, 0.15) is 11.5 Å². The molecule has 2 nitrogen and oxygen atoms in total. The zero-order chi connectivity index (χ0) is 12.9. The van der Waals surface area contributed by atoms with Crippen LogP contribution in [-0.4, -0.2) is 10.2 Å². The second kappa shape index (κ2) is 5.95. The Morgan fingerprint density at radius 1 is 1.06 bits per heavy atom. The lowest BCUT2D eigenvalue weighted by Crippen LogP contribution is -2.20. The van der Waals surface area contributed by atoms with Gasteiger partial charge in [-0.05, 0) is 48.4 Å². The van der Waals surface area contributed by atoms with Gasteiger partial charge in [0, 0.05) is 0 Å². The molecule has 0 aliphatic heterocycles. The minimum Gasteiger partial charge on any atom is -0.508 e. The predicted octanol–water partition coefficient (Wildman–Crippen LogP) is 4.32. The Morgan fingerprint density at radius 2 is 1.53 bits per heavy atom. The fourth-order valence-electron chi connectivity index (χ4n) is 2.53. The topological polar surface area (TPSA) is 40.5 Å². The van der Waals surface area contributed by atoms with Crippen LogP contribution in [0.15, 0.2) is 24.3 Å². The number of hydrogen-bond acceptors (Lipinski definition) is 2. The lowest BCUT2D eigenvalue weighted by molar-refractivity contribution is 0.191. The van der Waals surface area contributed by atoms with Crippen molar-refractivity contribution in [3.63, 3.8) is 0 Å².